The van der Waals surface area contributed by atoms with Crippen LogP contribution in [0.15, 0.2) is 60.7 Å². The van der Waals surface area contributed by atoms with Crippen LogP contribution in [0, 0.1) is 0 Å². The van der Waals surface area contributed by atoms with Gasteiger partial charge in [-0.15, -0.1) is 0 Å². The molecule has 0 bridgehead atoms. The number of esters is 2. The molecular weight excluding hydrogens is 336 g/mol. The predicted octanol–water partition coefficient (Wildman–Crippen LogP) is 3.20. The highest BCUT2D eigenvalue weighted by atomic mass is 16.8. The van der Waals surface area contributed by atoms with Gasteiger partial charge in [0.15, 0.2) is 0 Å². The topological polar surface area (TPSA) is 71.1 Å². The van der Waals surface area contributed by atoms with Crippen LogP contribution in [0.4, 0.5) is 0 Å². The molecule has 0 spiro atoms. The quantitative estimate of drug-likeness (QED) is 0.506. The fourth-order valence-electron chi connectivity index (χ4n) is 2.17. The maximum atomic E-state index is 11.4. The van der Waals surface area contributed by atoms with E-state index < -0.39 is 24.5 Å². The van der Waals surface area contributed by atoms with E-state index in [-0.39, 0.29) is 13.2 Å². The van der Waals surface area contributed by atoms with Crippen LogP contribution in [0.25, 0.3) is 0 Å². The van der Waals surface area contributed by atoms with Crippen molar-refractivity contribution in [3.8, 4) is 0 Å². The second-order valence-corrected chi connectivity index (χ2v) is 5.55. The average Bonchev–Trinajstić information content (AvgIpc) is 2.63. The Kier molecular flexibility index (Phi) is 7.79. The largest absolute Gasteiger partial charge is 0.429 e. The summed E-state index contributed by atoms with van der Waals surface area (Å²) in [5.41, 5.74) is 1.77. The molecule has 0 fully saturated rings. The first-order valence-corrected chi connectivity index (χ1v) is 8.20. The molecule has 0 aromatic heterocycles. The molecule has 6 nitrogen and oxygen atoms in total. The molecule has 0 aliphatic rings. The van der Waals surface area contributed by atoms with Crippen LogP contribution in [-0.4, -0.2) is 24.5 Å². The normalized spacial score (nSPS) is 12.8. The second kappa shape index (κ2) is 10.3. The molecule has 2 aromatic carbocycles. The maximum Gasteiger partial charge on any atom is 0.305 e. The third-order valence-corrected chi connectivity index (χ3v) is 3.30. The van der Waals surface area contributed by atoms with Crippen molar-refractivity contribution in [1.82, 2.24) is 0 Å². The first-order chi connectivity index (χ1) is 12.5. The van der Waals surface area contributed by atoms with E-state index in [1.54, 1.807) is 0 Å². The number of rotatable bonds is 9. The smallest absolute Gasteiger partial charge is 0.305 e. The van der Waals surface area contributed by atoms with Crippen molar-refractivity contribution in [3.05, 3.63) is 71.8 Å². The number of hydrogen-bond acceptors (Lipinski definition) is 6. The van der Waals surface area contributed by atoms with Crippen molar-refractivity contribution in [2.45, 2.75) is 39.6 Å². The summed E-state index contributed by atoms with van der Waals surface area (Å²) in [6.07, 6.45) is -2.36. The molecule has 0 aliphatic heterocycles. The van der Waals surface area contributed by atoms with Gasteiger partial charge in [-0.3, -0.25) is 9.59 Å². The summed E-state index contributed by atoms with van der Waals surface area (Å²) < 4.78 is 21.6. The molecule has 6 heteroatoms. The van der Waals surface area contributed by atoms with Crippen LogP contribution in [0.2, 0.25) is 0 Å². The standard InChI is InChI=1S/C20H22O6/c1-15(21)25-19(23-13-17-9-5-3-6-10-17)20(26-16(2)22)24-14-18-11-7-4-8-12-18/h3-12,19-20H,13-14H2,1-2H3/t19-,20-/m0/s1. The third kappa shape index (κ3) is 7.04. The van der Waals surface area contributed by atoms with Gasteiger partial charge < -0.3 is 18.9 Å². The van der Waals surface area contributed by atoms with Gasteiger partial charge in [-0.1, -0.05) is 60.7 Å². The molecule has 0 saturated carbocycles. The van der Waals surface area contributed by atoms with E-state index in [1.807, 2.05) is 60.7 Å². The molecule has 2 aromatic rings. The number of benzene rings is 2. The van der Waals surface area contributed by atoms with Crippen molar-refractivity contribution in [3.63, 3.8) is 0 Å². The van der Waals surface area contributed by atoms with Crippen LogP contribution in [0.3, 0.4) is 0 Å². The summed E-state index contributed by atoms with van der Waals surface area (Å²) in [5, 5.41) is 0. The second-order valence-electron chi connectivity index (χ2n) is 5.55. The Morgan fingerprint density at radius 3 is 1.35 bits per heavy atom. The van der Waals surface area contributed by atoms with Gasteiger partial charge in [0.25, 0.3) is 12.6 Å². The van der Waals surface area contributed by atoms with Gasteiger partial charge in [0.2, 0.25) is 0 Å². The molecule has 138 valence electrons. The molecule has 0 amide bonds. The molecular formula is C20H22O6. The zero-order chi connectivity index (χ0) is 18.8. The van der Waals surface area contributed by atoms with Crippen LogP contribution < -0.4 is 0 Å². The lowest BCUT2D eigenvalue weighted by molar-refractivity contribution is -0.275. The van der Waals surface area contributed by atoms with E-state index in [4.69, 9.17) is 18.9 Å². The summed E-state index contributed by atoms with van der Waals surface area (Å²) in [6.45, 7) is 2.85. The average molecular weight is 358 g/mol. The Morgan fingerprint density at radius 2 is 1.04 bits per heavy atom. The van der Waals surface area contributed by atoms with E-state index in [1.165, 1.54) is 13.8 Å². The minimum absolute atomic E-state index is 0.172. The first kappa shape index (κ1) is 19.6. The van der Waals surface area contributed by atoms with E-state index >= 15 is 0 Å². The monoisotopic (exact) mass is 358 g/mol. The van der Waals surface area contributed by atoms with Gasteiger partial charge in [0.05, 0.1) is 13.2 Å². The summed E-state index contributed by atoms with van der Waals surface area (Å²) in [7, 11) is 0. The first-order valence-electron chi connectivity index (χ1n) is 8.20. The minimum Gasteiger partial charge on any atom is -0.429 e. The van der Waals surface area contributed by atoms with Crippen LogP contribution in [0.1, 0.15) is 25.0 Å². The Bertz CT molecular complexity index is 624. The van der Waals surface area contributed by atoms with Gasteiger partial charge in [0.1, 0.15) is 0 Å². The SMILES string of the molecule is CC(=O)O[C@H](OCc1ccccc1)[C@@H](OCc1ccccc1)OC(C)=O. The van der Waals surface area contributed by atoms with Crippen molar-refractivity contribution in [2.75, 3.05) is 0 Å². The van der Waals surface area contributed by atoms with Gasteiger partial charge in [0, 0.05) is 13.8 Å². The fraction of sp³-hybridized carbons (Fsp3) is 0.300. The van der Waals surface area contributed by atoms with E-state index in [0.29, 0.717) is 0 Å². The lowest BCUT2D eigenvalue weighted by atomic mass is 10.2. The van der Waals surface area contributed by atoms with Crippen molar-refractivity contribution in [1.29, 1.82) is 0 Å². The summed E-state index contributed by atoms with van der Waals surface area (Å²) in [6, 6.07) is 18.7. The van der Waals surface area contributed by atoms with Gasteiger partial charge in [-0.05, 0) is 11.1 Å². The van der Waals surface area contributed by atoms with E-state index in [2.05, 4.69) is 0 Å². The Morgan fingerprint density at radius 1 is 0.692 bits per heavy atom. The number of carbonyl (C=O) groups excluding carboxylic acids is 2. The molecule has 2 rings (SSSR count). The number of ether oxygens (including phenoxy) is 4. The Hall–Kier alpha value is -2.70. The van der Waals surface area contributed by atoms with Gasteiger partial charge in [-0.2, -0.15) is 0 Å². The Labute approximate surface area is 152 Å². The molecule has 0 N–H and O–H groups in total. The molecule has 0 radical (unpaired) electrons. The third-order valence-electron chi connectivity index (χ3n) is 3.30. The highest BCUT2D eigenvalue weighted by molar-refractivity contribution is 5.67. The fourth-order valence-corrected chi connectivity index (χ4v) is 2.17. The molecule has 0 aliphatic carbocycles. The Balaban J connectivity index is 2.06. The van der Waals surface area contributed by atoms with E-state index in [0.717, 1.165) is 11.1 Å². The molecule has 2 atom stereocenters. The van der Waals surface area contributed by atoms with Crippen LogP contribution in [0.5, 0.6) is 0 Å². The summed E-state index contributed by atoms with van der Waals surface area (Å²) in [4.78, 5) is 22.9. The van der Waals surface area contributed by atoms with Crippen molar-refractivity contribution in [2.24, 2.45) is 0 Å². The zero-order valence-electron chi connectivity index (χ0n) is 14.8. The molecule has 0 heterocycles. The van der Waals surface area contributed by atoms with Crippen molar-refractivity contribution >= 4 is 11.9 Å². The van der Waals surface area contributed by atoms with E-state index in [9.17, 15) is 9.59 Å². The van der Waals surface area contributed by atoms with Crippen molar-refractivity contribution < 1.29 is 28.5 Å². The lowest BCUT2D eigenvalue weighted by Crippen LogP contribution is -2.38. The van der Waals surface area contributed by atoms with Crippen LogP contribution in [-0.2, 0) is 41.8 Å². The van der Waals surface area contributed by atoms with Gasteiger partial charge in [-0.25, -0.2) is 0 Å². The summed E-state index contributed by atoms with van der Waals surface area (Å²) in [5.74, 6) is -1.13. The zero-order valence-corrected chi connectivity index (χ0v) is 14.8. The molecule has 26 heavy (non-hydrogen) atoms. The highest BCUT2D eigenvalue weighted by Crippen LogP contribution is 2.15. The molecule has 0 saturated heterocycles. The minimum atomic E-state index is -1.18. The number of hydrogen-bond donors (Lipinski definition) is 0. The highest BCUT2D eigenvalue weighted by Gasteiger charge is 2.29. The molecule has 0 unspecified atom stereocenters. The number of carbonyl (C=O) groups is 2. The maximum absolute atomic E-state index is 11.4. The summed E-state index contributed by atoms with van der Waals surface area (Å²) >= 11 is 0. The predicted molar refractivity (Wildman–Crippen MR) is 93.6 cm³/mol. The van der Waals surface area contributed by atoms with Crippen LogP contribution >= 0.6 is 0 Å². The lowest BCUT2D eigenvalue weighted by Gasteiger charge is -2.26. The van der Waals surface area contributed by atoms with Gasteiger partial charge >= 0.3 is 11.9 Å².